The Morgan fingerprint density at radius 2 is 2.06 bits per heavy atom. The fourth-order valence-corrected chi connectivity index (χ4v) is 3.02. The molecule has 1 nitrogen and oxygen atoms in total. The van der Waals surface area contributed by atoms with Crippen molar-refractivity contribution in [1.82, 2.24) is 4.90 Å². The standard InChI is InChI=1S/C15H22ClN/c1-3-15(13-6-8-14(16)9-7-13)17-10-4-5-12(2)11-17/h6-9,12,15H,3-5,10-11H2,1-2H3/t12-,15+/m1/s1. The highest BCUT2D eigenvalue weighted by Crippen LogP contribution is 2.29. The number of likely N-dealkylation sites (tertiary alicyclic amines) is 1. The monoisotopic (exact) mass is 251 g/mol. The van der Waals surface area contributed by atoms with Gasteiger partial charge < -0.3 is 0 Å². The average molecular weight is 252 g/mol. The van der Waals surface area contributed by atoms with Crippen molar-refractivity contribution in [3.8, 4) is 0 Å². The maximum Gasteiger partial charge on any atom is 0.0406 e. The van der Waals surface area contributed by atoms with Gasteiger partial charge in [-0.3, -0.25) is 4.90 Å². The van der Waals surface area contributed by atoms with Crippen LogP contribution in [-0.4, -0.2) is 18.0 Å². The molecule has 1 heterocycles. The number of piperidine rings is 1. The van der Waals surface area contributed by atoms with Gasteiger partial charge in [0.2, 0.25) is 0 Å². The number of rotatable bonds is 3. The summed E-state index contributed by atoms with van der Waals surface area (Å²) < 4.78 is 0. The van der Waals surface area contributed by atoms with Crippen LogP contribution in [0.25, 0.3) is 0 Å². The van der Waals surface area contributed by atoms with Crippen LogP contribution in [0.3, 0.4) is 0 Å². The molecule has 0 spiro atoms. The third-order valence-electron chi connectivity index (χ3n) is 3.77. The molecule has 0 unspecified atom stereocenters. The second-order valence-corrected chi connectivity index (χ2v) is 5.65. The predicted molar refractivity (Wildman–Crippen MR) is 74.5 cm³/mol. The molecule has 1 aromatic rings. The summed E-state index contributed by atoms with van der Waals surface area (Å²) in [6.45, 7) is 7.12. The van der Waals surface area contributed by atoms with Gasteiger partial charge in [0, 0.05) is 17.6 Å². The molecule has 2 rings (SSSR count). The number of nitrogens with zero attached hydrogens (tertiary/aromatic N) is 1. The van der Waals surface area contributed by atoms with Crippen molar-refractivity contribution in [2.45, 2.75) is 39.2 Å². The zero-order chi connectivity index (χ0) is 12.3. The Balaban J connectivity index is 2.12. The van der Waals surface area contributed by atoms with E-state index in [1.54, 1.807) is 0 Å². The van der Waals surface area contributed by atoms with Gasteiger partial charge in [-0.2, -0.15) is 0 Å². The van der Waals surface area contributed by atoms with E-state index in [0.29, 0.717) is 6.04 Å². The predicted octanol–water partition coefficient (Wildman–Crippen LogP) is 4.52. The minimum absolute atomic E-state index is 0.565. The molecular formula is C15H22ClN. The first-order chi connectivity index (χ1) is 8.20. The molecule has 0 bridgehead atoms. The van der Waals surface area contributed by atoms with E-state index in [2.05, 4.69) is 30.9 Å². The summed E-state index contributed by atoms with van der Waals surface area (Å²) in [5.41, 5.74) is 1.41. The first-order valence-electron chi connectivity index (χ1n) is 6.70. The zero-order valence-corrected chi connectivity index (χ0v) is 11.6. The molecule has 2 atom stereocenters. The molecular weight excluding hydrogens is 230 g/mol. The van der Waals surface area contributed by atoms with E-state index in [0.717, 1.165) is 10.9 Å². The molecule has 17 heavy (non-hydrogen) atoms. The molecule has 1 aromatic carbocycles. The Kier molecular flexibility index (Phi) is 4.47. The van der Waals surface area contributed by atoms with E-state index < -0.39 is 0 Å². The molecule has 0 radical (unpaired) electrons. The minimum atomic E-state index is 0.565. The zero-order valence-electron chi connectivity index (χ0n) is 10.8. The normalized spacial score (nSPS) is 23.6. The van der Waals surface area contributed by atoms with Crippen LogP contribution in [0.15, 0.2) is 24.3 Å². The molecule has 1 aliphatic heterocycles. The Bertz CT molecular complexity index is 346. The van der Waals surface area contributed by atoms with Crippen LogP contribution in [0, 0.1) is 5.92 Å². The first-order valence-corrected chi connectivity index (χ1v) is 7.08. The molecule has 0 saturated carbocycles. The number of hydrogen-bond acceptors (Lipinski definition) is 1. The van der Waals surface area contributed by atoms with Gasteiger partial charge in [0.15, 0.2) is 0 Å². The summed E-state index contributed by atoms with van der Waals surface area (Å²) in [5.74, 6) is 0.838. The average Bonchev–Trinajstić information content (AvgIpc) is 2.33. The van der Waals surface area contributed by atoms with E-state index in [4.69, 9.17) is 11.6 Å². The molecule has 94 valence electrons. The lowest BCUT2D eigenvalue weighted by Gasteiger charge is -2.37. The lowest BCUT2D eigenvalue weighted by atomic mass is 9.95. The van der Waals surface area contributed by atoms with Gasteiger partial charge in [0.25, 0.3) is 0 Å². The number of benzene rings is 1. The summed E-state index contributed by atoms with van der Waals surface area (Å²) in [7, 11) is 0. The van der Waals surface area contributed by atoms with Crippen molar-refractivity contribution < 1.29 is 0 Å². The molecule has 0 aromatic heterocycles. The number of hydrogen-bond donors (Lipinski definition) is 0. The van der Waals surface area contributed by atoms with Crippen molar-refractivity contribution in [2.75, 3.05) is 13.1 Å². The highest BCUT2D eigenvalue weighted by molar-refractivity contribution is 6.30. The highest BCUT2D eigenvalue weighted by atomic mass is 35.5. The lowest BCUT2D eigenvalue weighted by Crippen LogP contribution is -2.37. The Hall–Kier alpha value is -0.530. The highest BCUT2D eigenvalue weighted by Gasteiger charge is 2.23. The Morgan fingerprint density at radius 1 is 1.35 bits per heavy atom. The largest absolute Gasteiger partial charge is 0.296 e. The maximum atomic E-state index is 5.95. The topological polar surface area (TPSA) is 3.24 Å². The van der Waals surface area contributed by atoms with Gasteiger partial charge in [0.1, 0.15) is 0 Å². The van der Waals surface area contributed by atoms with Gasteiger partial charge in [-0.1, -0.05) is 37.6 Å². The SMILES string of the molecule is CC[C@@H](c1ccc(Cl)cc1)N1CCC[C@@H](C)C1. The Labute approximate surface area is 110 Å². The summed E-state index contributed by atoms with van der Waals surface area (Å²) >= 11 is 5.95. The summed E-state index contributed by atoms with van der Waals surface area (Å²) in [4.78, 5) is 2.64. The minimum Gasteiger partial charge on any atom is -0.296 e. The van der Waals surface area contributed by atoms with Gasteiger partial charge in [0.05, 0.1) is 0 Å². The summed E-state index contributed by atoms with van der Waals surface area (Å²) in [6, 6.07) is 8.93. The van der Waals surface area contributed by atoms with E-state index >= 15 is 0 Å². The van der Waals surface area contributed by atoms with Crippen molar-refractivity contribution >= 4 is 11.6 Å². The van der Waals surface area contributed by atoms with Gasteiger partial charge in [-0.25, -0.2) is 0 Å². The van der Waals surface area contributed by atoms with Crippen LogP contribution in [0.5, 0.6) is 0 Å². The number of halogens is 1. The van der Waals surface area contributed by atoms with Crippen LogP contribution < -0.4 is 0 Å². The van der Waals surface area contributed by atoms with Crippen molar-refractivity contribution in [2.24, 2.45) is 5.92 Å². The molecule has 1 fully saturated rings. The first kappa shape index (κ1) is 12.9. The second-order valence-electron chi connectivity index (χ2n) is 5.22. The quantitative estimate of drug-likeness (QED) is 0.763. The van der Waals surface area contributed by atoms with Crippen LogP contribution in [-0.2, 0) is 0 Å². The van der Waals surface area contributed by atoms with E-state index in [1.165, 1.54) is 37.9 Å². The van der Waals surface area contributed by atoms with E-state index in [9.17, 15) is 0 Å². The second kappa shape index (κ2) is 5.88. The molecule has 0 aliphatic carbocycles. The smallest absolute Gasteiger partial charge is 0.0406 e. The van der Waals surface area contributed by atoms with Gasteiger partial charge in [-0.15, -0.1) is 0 Å². The van der Waals surface area contributed by atoms with Gasteiger partial charge >= 0.3 is 0 Å². The fraction of sp³-hybridized carbons (Fsp3) is 0.600. The van der Waals surface area contributed by atoms with Crippen molar-refractivity contribution in [3.63, 3.8) is 0 Å². The van der Waals surface area contributed by atoms with Crippen LogP contribution in [0.1, 0.15) is 44.7 Å². The summed E-state index contributed by atoms with van der Waals surface area (Å²) in [5, 5.41) is 0.829. The molecule has 0 amide bonds. The molecule has 2 heteroatoms. The molecule has 1 aliphatic rings. The summed E-state index contributed by atoms with van der Waals surface area (Å²) in [6.07, 6.45) is 3.90. The van der Waals surface area contributed by atoms with Gasteiger partial charge in [-0.05, 0) is 49.4 Å². The van der Waals surface area contributed by atoms with Crippen molar-refractivity contribution in [3.05, 3.63) is 34.9 Å². The van der Waals surface area contributed by atoms with E-state index in [-0.39, 0.29) is 0 Å². The van der Waals surface area contributed by atoms with E-state index in [1.807, 2.05) is 12.1 Å². The van der Waals surface area contributed by atoms with Crippen molar-refractivity contribution in [1.29, 1.82) is 0 Å². The lowest BCUT2D eigenvalue weighted by molar-refractivity contribution is 0.126. The van der Waals surface area contributed by atoms with Crippen LogP contribution in [0.2, 0.25) is 5.02 Å². The molecule has 0 N–H and O–H groups in total. The maximum absolute atomic E-state index is 5.95. The van der Waals surface area contributed by atoms with Crippen LogP contribution in [0.4, 0.5) is 0 Å². The van der Waals surface area contributed by atoms with Crippen LogP contribution >= 0.6 is 11.6 Å². The fourth-order valence-electron chi connectivity index (χ4n) is 2.90. The third kappa shape index (κ3) is 3.23. The third-order valence-corrected chi connectivity index (χ3v) is 4.02. The molecule has 1 saturated heterocycles. The Morgan fingerprint density at radius 3 is 2.65 bits per heavy atom.